The quantitative estimate of drug-likeness (QED) is 0.691. The molecule has 14 heavy (non-hydrogen) atoms. The normalized spacial score (nSPS) is 48.8. The Kier molecular flexibility index (Phi) is 2.14. The summed E-state index contributed by atoms with van der Waals surface area (Å²) in [5, 5.41) is 8.75. The van der Waals surface area contributed by atoms with Crippen LogP contribution in [0.4, 0.5) is 0 Å². The van der Waals surface area contributed by atoms with Crippen molar-refractivity contribution in [1.82, 2.24) is 0 Å². The minimum absolute atomic E-state index is 0.167. The van der Waals surface area contributed by atoms with E-state index in [2.05, 4.69) is 12.2 Å². The molecule has 0 heterocycles. The molecule has 0 aromatic rings. The maximum Gasteiger partial charge on any atom is 0.0701 e. The second-order valence-electron chi connectivity index (χ2n) is 4.93. The molecule has 78 valence electrons. The molecule has 2 bridgehead atoms. The van der Waals surface area contributed by atoms with E-state index < -0.39 is 0 Å². The number of fused-ring (bicyclic) bond motifs is 5. The van der Waals surface area contributed by atoms with E-state index in [4.69, 9.17) is 9.84 Å². The van der Waals surface area contributed by atoms with Crippen LogP contribution in [-0.4, -0.2) is 24.4 Å². The van der Waals surface area contributed by atoms with Gasteiger partial charge in [0.15, 0.2) is 0 Å². The molecule has 2 fully saturated rings. The van der Waals surface area contributed by atoms with Gasteiger partial charge in [0.25, 0.3) is 0 Å². The van der Waals surface area contributed by atoms with Crippen LogP contribution in [-0.2, 0) is 4.74 Å². The Hall–Kier alpha value is -0.340. The molecule has 2 heteroatoms. The van der Waals surface area contributed by atoms with Crippen molar-refractivity contribution < 1.29 is 9.84 Å². The van der Waals surface area contributed by atoms with Crippen LogP contribution in [0.25, 0.3) is 0 Å². The smallest absolute Gasteiger partial charge is 0.0701 e. The Labute approximate surface area is 85.0 Å². The van der Waals surface area contributed by atoms with Gasteiger partial charge >= 0.3 is 0 Å². The zero-order chi connectivity index (χ0) is 9.54. The van der Waals surface area contributed by atoms with Crippen LogP contribution in [0.3, 0.4) is 0 Å². The number of aliphatic hydroxyl groups is 1. The molecule has 0 amide bonds. The molecule has 0 radical (unpaired) electrons. The standard InChI is InChI=1S/C12H18O2/c13-4-5-14-12-7-8-6-11(12)10-3-1-2-9(8)10/h1-2,8-13H,3-7H2. The molecule has 0 saturated heterocycles. The van der Waals surface area contributed by atoms with Gasteiger partial charge in [0, 0.05) is 0 Å². The van der Waals surface area contributed by atoms with Crippen molar-refractivity contribution in [3.8, 4) is 0 Å². The van der Waals surface area contributed by atoms with Crippen LogP contribution in [0.1, 0.15) is 19.3 Å². The van der Waals surface area contributed by atoms with Gasteiger partial charge in [-0.3, -0.25) is 0 Å². The highest BCUT2D eigenvalue weighted by atomic mass is 16.5. The first-order chi connectivity index (χ1) is 6.90. The Morgan fingerprint density at radius 2 is 2.21 bits per heavy atom. The van der Waals surface area contributed by atoms with E-state index in [1.807, 2.05) is 0 Å². The fourth-order valence-electron chi connectivity index (χ4n) is 3.89. The average Bonchev–Trinajstić information content (AvgIpc) is 2.85. The van der Waals surface area contributed by atoms with E-state index in [1.54, 1.807) is 0 Å². The molecule has 5 unspecified atom stereocenters. The Morgan fingerprint density at radius 3 is 3.07 bits per heavy atom. The van der Waals surface area contributed by atoms with Gasteiger partial charge < -0.3 is 9.84 Å². The van der Waals surface area contributed by atoms with Crippen molar-refractivity contribution in [1.29, 1.82) is 0 Å². The second-order valence-corrected chi connectivity index (χ2v) is 4.93. The lowest BCUT2D eigenvalue weighted by Crippen LogP contribution is -2.31. The first-order valence-corrected chi connectivity index (χ1v) is 5.79. The highest BCUT2D eigenvalue weighted by molar-refractivity contribution is 5.14. The number of ether oxygens (including phenoxy) is 1. The van der Waals surface area contributed by atoms with E-state index in [9.17, 15) is 0 Å². The molecular formula is C12H18O2. The summed E-state index contributed by atoms with van der Waals surface area (Å²) < 4.78 is 5.72. The molecular weight excluding hydrogens is 176 g/mol. The van der Waals surface area contributed by atoms with Crippen LogP contribution >= 0.6 is 0 Å². The summed E-state index contributed by atoms with van der Waals surface area (Å²) in [5.41, 5.74) is 0. The van der Waals surface area contributed by atoms with Crippen LogP contribution in [0.15, 0.2) is 12.2 Å². The van der Waals surface area contributed by atoms with E-state index in [1.165, 1.54) is 19.3 Å². The first kappa shape index (κ1) is 8.93. The third-order valence-electron chi connectivity index (χ3n) is 4.37. The lowest BCUT2D eigenvalue weighted by atomic mass is 9.80. The second kappa shape index (κ2) is 3.35. The molecule has 0 aromatic carbocycles. The Morgan fingerprint density at radius 1 is 1.29 bits per heavy atom. The highest BCUT2D eigenvalue weighted by Crippen LogP contribution is 2.57. The zero-order valence-electron chi connectivity index (χ0n) is 8.43. The predicted molar refractivity (Wildman–Crippen MR) is 53.8 cm³/mol. The van der Waals surface area contributed by atoms with Crippen molar-refractivity contribution >= 4 is 0 Å². The molecule has 0 aromatic heterocycles. The molecule has 0 spiro atoms. The SMILES string of the molecule is OCCOC1CC2CC1C1CC=CC21. The molecule has 5 atom stereocenters. The lowest BCUT2D eigenvalue weighted by Gasteiger charge is -2.31. The monoisotopic (exact) mass is 194 g/mol. The number of rotatable bonds is 3. The lowest BCUT2D eigenvalue weighted by molar-refractivity contribution is -0.0215. The van der Waals surface area contributed by atoms with Gasteiger partial charge in [0.05, 0.1) is 19.3 Å². The predicted octanol–water partition coefficient (Wildman–Crippen LogP) is 1.60. The summed E-state index contributed by atoms with van der Waals surface area (Å²) >= 11 is 0. The van der Waals surface area contributed by atoms with E-state index in [0.29, 0.717) is 12.7 Å². The molecule has 3 aliphatic carbocycles. The van der Waals surface area contributed by atoms with Crippen LogP contribution < -0.4 is 0 Å². The van der Waals surface area contributed by atoms with Crippen molar-refractivity contribution in [2.75, 3.05) is 13.2 Å². The van der Waals surface area contributed by atoms with Gasteiger partial charge in [-0.05, 0) is 42.9 Å². The first-order valence-electron chi connectivity index (χ1n) is 5.79. The molecule has 1 N–H and O–H groups in total. The summed E-state index contributed by atoms with van der Waals surface area (Å²) in [4.78, 5) is 0. The number of hydrogen-bond acceptors (Lipinski definition) is 2. The summed E-state index contributed by atoms with van der Waals surface area (Å²) in [6, 6.07) is 0. The Balaban J connectivity index is 1.67. The number of aliphatic hydroxyl groups excluding tert-OH is 1. The van der Waals surface area contributed by atoms with Crippen LogP contribution in [0, 0.1) is 23.7 Å². The van der Waals surface area contributed by atoms with Crippen molar-refractivity contribution in [3.63, 3.8) is 0 Å². The van der Waals surface area contributed by atoms with E-state index >= 15 is 0 Å². The van der Waals surface area contributed by atoms with Gasteiger partial charge in [0.1, 0.15) is 0 Å². The van der Waals surface area contributed by atoms with Gasteiger partial charge in [-0.2, -0.15) is 0 Å². The van der Waals surface area contributed by atoms with Gasteiger partial charge in [-0.1, -0.05) is 12.2 Å². The number of hydrogen-bond donors (Lipinski definition) is 1. The Bertz CT molecular complexity index is 249. The summed E-state index contributed by atoms with van der Waals surface area (Å²) in [6.07, 6.45) is 9.10. The topological polar surface area (TPSA) is 29.5 Å². The minimum Gasteiger partial charge on any atom is -0.394 e. The third-order valence-corrected chi connectivity index (χ3v) is 4.37. The fraction of sp³-hybridized carbons (Fsp3) is 0.833. The summed E-state index contributed by atoms with van der Waals surface area (Å²) in [5.74, 6) is 3.41. The number of allylic oxidation sites excluding steroid dienone is 2. The summed E-state index contributed by atoms with van der Waals surface area (Å²) in [7, 11) is 0. The van der Waals surface area contributed by atoms with Crippen molar-refractivity contribution in [3.05, 3.63) is 12.2 Å². The maximum atomic E-state index is 8.75. The van der Waals surface area contributed by atoms with Crippen molar-refractivity contribution in [2.45, 2.75) is 25.4 Å². The third kappa shape index (κ3) is 1.17. The maximum absolute atomic E-state index is 8.75. The van der Waals surface area contributed by atoms with E-state index in [-0.39, 0.29) is 6.61 Å². The fourth-order valence-corrected chi connectivity index (χ4v) is 3.89. The average molecular weight is 194 g/mol. The van der Waals surface area contributed by atoms with Gasteiger partial charge in [-0.15, -0.1) is 0 Å². The zero-order valence-corrected chi connectivity index (χ0v) is 8.43. The molecule has 2 nitrogen and oxygen atoms in total. The van der Waals surface area contributed by atoms with Gasteiger partial charge in [-0.25, -0.2) is 0 Å². The molecule has 3 aliphatic rings. The highest BCUT2D eigenvalue weighted by Gasteiger charge is 2.52. The molecule has 0 aliphatic heterocycles. The molecule has 2 saturated carbocycles. The molecule has 3 rings (SSSR count). The van der Waals surface area contributed by atoms with Gasteiger partial charge in [0.2, 0.25) is 0 Å². The largest absolute Gasteiger partial charge is 0.394 e. The van der Waals surface area contributed by atoms with Crippen LogP contribution in [0.5, 0.6) is 0 Å². The van der Waals surface area contributed by atoms with Crippen molar-refractivity contribution in [2.24, 2.45) is 23.7 Å². The van der Waals surface area contributed by atoms with E-state index in [0.717, 1.165) is 23.7 Å². The van der Waals surface area contributed by atoms with Crippen LogP contribution in [0.2, 0.25) is 0 Å². The minimum atomic E-state index is 0.167. The summed E-state index contributed by atoms with van der Waals surface area (Å²) in [6.45, 7) is 0.693.